The van der Waals surface area contributed by atoms with Crippen LogP contribution < -0.4 is 0 Å². The molecular formula is C38H28N4. The van der Waals surface area contributed by atoms with Crippen LogP contribution in [0.5, 0.6) is 0 Å². The molecule has 1 unspecified atom stereocenters. The van der Waals surface area contributed by atoms with Crippen molar-refractivity contribution in [3.8, 4) is 33.4 Å². The van der Waals surface area contributed by atoms with Crippen LogP contribution in [-0.4, -0.2) is 19.9 Å². The predicted octanol–water partition coefficient (Wildman–Crippen LogP) is 8.92. The molecule has 1 aliphatic carbocycles. The number of pyridine rings is 4. The second kappa shape index (κ2) is 11.6. The van der Waals surface area contributed by atoms with Gasteiger partial charge in [-0.15, -0.1) is 0 Å². The van der Waals surface area contributed by atoms with Crippen LogP contribution in [0.1, 0.15) is 29.0 Å². The third-order valence-electron chi connectivity index (χ3n) is 7.75. The molecule has 4 heterocycles. The van der Waals surface area contributed by atoms with Crippen LogP contribution in [0.15, 0.2) is 153 Å². The van der Waals surface area contributed by atoms with E-state index in [0.29, 0.717) is 0 Å². The average molecular weight is 541 g/mol. The van der Waals surface area contributed by atoms with Crippen molar-refractivity contribution >= 4 is 11.1 Å². The Morgan fingerprint density at radius 3 is 1.52 bits per heavy atom. The van der Waals surface area contributed by atoms with Gasteiger partial charge in [0.15, 0.2) is 0 Å². The summed E-state index contributed by atoms with van der Waals surface area (Å²) in [5, 5.41) is 0. The SMILES string of the molecule is C1=C(c2cccnc2)C=C(c2cccc(-c3cc(-c4cccnc4)cc(-c4cccnc4)c3)c2)CC1c1cccnc1. The molecule has 0 amide bonds. The van der Waals surface area contributed by atoms with Crippen LogP contribution >= 0.6 is 0 Å². The van der Waals surface area contributed by atoms with E-state index >= 15 is 0 Å². The highest BCUT2D eigenvalue weighted by atomic mass is 14.6. The fraction of sp³-hybridized carbons (Fsp3) is 0.0526. The van der Waals surface area contributed by atoms with Crippen molar-refractivity contribution in [1.82, 2.24) is 19.9 Å². The number of hydrogen-bond acceptors (Lipinski definition) is 4. The van der Waals surface area contributed by atoms with Gasteiger partial charge in [-0.25, -0.2) is 0 Å². The highest BCUT2D eigenvalue weighted by molar-refractivity contribution is 5.88. The Balaban J connectivity index is 1.32. The minimum atomic E-state index is 0.226. The van der Waals surface area contributed by atoms with Crippen molar-refractivity contribution in [3.05, 3.63) is 169 Å². The summed E-state index contributed by atoms with van der Waals surface area (Å²) in [7, 11) is 0. The highest BCUT2D eigenvalue weighted by Crippen LogP contribution is 2.40. The van der Waals surface area contributed by atoms with Crippen LogP contribution in [0.2, 0.25) is 0 Å². The fourth-order valence-electron chi connectivity index (χ4n) is 5.62. The van der Waals surface area contributed by atoms with Gasteiger partial charge in [0, 0.05) is 66.6 Å². The first-order valence-corrected chi connectivity index (χ1v) is 14.1. The third kappa shape index (κ3) is 5.43. The zero-order valence-electron chi connectivity index (χ0n) is 23.0. The molecule has 4 nitrogen and oxygen atoms in total. The van der Waals surface area contributed by atoms with Crippen LogP contribution in [0.3, 0.4) is 0 Å². The quantitative estimate of drug-likeness (QED) is 0.212. The molecule has 0 bridgehead atoms. The number of aromatic nitrogens is 4. The van der Waals surface area contributed by atoms with Crippen molar-refractivity contribution in [2.45, 2.75) is 12.3 Å². The minimum absolute atomic E-state index is 0.226. The Labute approximate surface area is 245 Å². The van der Waals surface area contributed by atoms with Gasteiger partial charge in [-0.1, -0.05) is 54.6 Å². The van der Waals surface area contributed by atoms with Crippen molar-refractivity contribution in [2.24, 2.45) is 0 Å². The van der Waals surface area contributed by atoms with E-state index in [-0.39, 0.29) is 5.92 Å². The zero-order chi connectivity index (χ0) is 28.1. The molecule has 0 radical (unpaired) electrons. The summed E-state index contributed by atoms with van der Waals surface area (Å²) < 4.78 is 0. The number of allylic oxidation sites excluding steroid dienone is 4. The molecule has 0 saturated heterocycles. The maximum Gasteiger partial charge on any atom is 0.0346 e. The van der Waals surface area contributed by atoms with Gasteiger partial charge in [0.2, 0.25) is 0 Å². The first-order chi connectivity index (χ1) is 20.8. The van der Waals surface area contributed by atoms with Crippen LogP contribution in [0.4, 0.5) is 0 Å². The van der Waals surface area contributed by atoms with Gasteiger partial charge in [-0.3, -0.25) is 19.9 Å². The second-order valence-electron chi connectivity index (χ2n) is 10.5. The Morgan fingerprint density at radius 2 is 0.952 bits per heavy atom. The lowest BCUT2D eigenvalue weighted by molar-refractivity contribution is 0.863. The van der Waals surface area contributed by atoms with Gasteiger partial charge in [0.05, 0.1) is 0 Å². The molecule has 0 aliphatic heterocycles. The summed E-state index contributed by atoms with van der Waals surface area (Å²) in [6.45, 7) is 0. The van der Waals surface area contributed by atoms with Crippen molar-refractivity contribution in [1.29, 1.82) is 0 Å². The third-order valence-corrected chi connectivity index (χ3v) is 7.75. The molecule has 200 valence electrons. The van der Waals surface area contributed by atoms with Gasteiger partial charge in [-0.2, -0.15) is 0 Å². The first-order valence-electron chi connectivity index (χ1n) is 14.1. The van der Waals surface area contributed by atoms with E-state index in [9.17, 15) is 0 Å². The monoisotopic (exact) mass is 540 g/mol. The topological polar surface area (TPSA) is 51.6 Å². The largest absolute Gasteiger partial charge is 0.264 e. The highest BCUT2D eigenvalue weighted by Gasteiger charge is 2.20. The average Bonchev–Trinajstić information content (AvgIpc) is 3.09. The number of rotatable bonds is 6. The van der Waals surface area contributed by atoms with Crippen molar-refractivity contribution < 1.29 is 0 Å². The normalized spacial score (nSPS) is 14.6. The second-order valence-corrected chi connectivity index (χ2v) is 10.5. The molecule has 0 spiro atoms. The number of nitrogens with zero attached hydrogens (tertiary/aromatic N) is 4. The van der Waals surface area contributed by atoms with Crippen molar-refractivity contribution in [3.63, 3.8) is 0 Å². The Kier molecular flexibility index (Phi) is 7.01. The van der Waals surface area contributed by atoms with Gasteiger partial charge in [0.1, 0.15) is 0 Å². The summed E-state index contributed by atoms with van der Waals surface area (Å²) in [5.41, 5.74) is 12.8. The summed E-state index contributed by atoms with van der Waals surface area (Å²) >= 11 is 0. The number of hydrogen-bond donors (Lipinski definition) is 0. The molecule has 4 aromatic heterocycles. The smallest absolute Gasteiger partial charge is 0.0346 e. The lowest BCUT2D eigenvalue weighted by atomic mass is 9.81. The standard InChI is InChI=1S/C38H28N4/c1-6-27(33-17-35(29-8-2-12-39-23-29)21-36(18-33)30-9-3-13-40-24-30)16-28(7-1)34-19-37(31-10-4-14-41-25-31)22-38(20-34)32-11-5-15-42-26-32/h1-19,21-26,38H,20H2. The minimum Gasteiger partial charge on any atom is -0.264 e. The van der Waals surface area contributed by atoms with E-state index in [1.165, 1.54) is 27.8 Å². The fourth-order valence-corrected chi connectivity index (χ4v) is 5.62. The van der Waals surface area contributed by atoms with Crippen LogP contribution in [-0.2, 0) is 0 Å². The molecule has 0 saturated carbocycles. The summed E-state index contributed by atoms with van der Waals surface area (Å²) in [6, 6.07) is 32.1. The van der Waals surface area contributed by atoms with E-state index in [2.05, 4.69) is 98.8 Å². The Bertz CT molecular complexity index is 1820. The van der Waals surface area contributed by atoms with Crippen LogP contribution in [0.25, 0.3) is 44.5 Å². The predicted molar refractivity (Wildman–Crippen MR) is 170 cm³/mol. The molecule has 6 aromatic rings. The number of benzene rings is 2. The molecule has 7 rings (SSSR count). The van der Waals surface area contributed by atoms with Gasteiger partial charge in [-0.05, 0) is 105 Å². The molecule has 42 heavy (non-hydrogen) atoms. The van der Waals surface area contributed by atoms with E-state index < -0.39 is 0 Å². The van der Waals surface area contributed by atoms with E-state index in [1.807, 2.05) is 73.8 Å². The summed E-state index contributed by atoms with van der Waals surface area (Å²) in [6.07, 6.45) is 20.6. The van der Waals surface area contributed by atoms with Gasteiger partial charge < -0.3 is 0 Å². The molecule has 1 atom stereocenters. The van der Waals surface area contributed by atoms with E-state index in [1.54, 1.807) is 0 Å². The van der Waals surface area contributed by atoms with Crippen LogP contribution in [0, 0.1) is 0 Å². The van der Waals surface area contributed by atoms with Crippen molar-refractivity contribution in [2.75, 3.05) is 0 Å². The molecular weight excluding hydrogens is 512 g/mol. The van der Waals surface area contributed by atoms with E-state index in [4.69, 9.17) is 0 Å². The molecule has 0 fully saturated rings. The Morgan fingerprint density at radius 1 is 0.452 bits per heavy atom. The van der Waals surface area contributed by atoms with E-state index in [0.717, 1.165) is 39.8 Å². The van der Waals surface area contributed by atoms with Gasteiger partial charge in [0.25, 0.3) is 0 Å². The molecule has 4 heteroatoms. The first kappa shape index (κ1) is 25.5. The van der Waals surface area contributed by atoms with Gasteiger partial charge >= 0.3 is 0 Å². The maximum absolute atomic E-state index is 4.41. The summed E-state index contributed by atoms with van der Waals surface area (Å²) in [5.74, 6) is 0.226. The Hall–Kier alpha value is -5.48. The zero-order valence-corrected chi connectivity index (χ0v) is 23.0. The lowest BCUT2D eigenvalue weighted by Gasteiger charge is -2.23. The molecule has 0 N–H and O–H groups in total. The molecule has 1 aliphatic rings. The molecule has 2 aromatic carbocycles. The summed E-state index contributed by atoms with van der Waals surface area (Å²) in [4.78, 5) is 17.5. The lowest BCUT2D eigenvalue weighted by Crippen LogP contribution is -2.04. The maximum atomic E-state index is 4.41.